The summed E-state index contributed by atoms with van der Waals surface area (Å²) in [5, 5.41) is 9.44. The molecule has 2 rings (SSSR count). The fourth-order valence-electron chi connectivity index (χ4n) is 2.45. The first-order chi connectivity index (χ1) is 10.6. The second kappa shape index (κ2) is 8.03. The molecule has 7 heteroatoms. The molecule has 1 fully saturated rings. The van der Waals surface area contributed by atoms with Crippen LogP contribution in [0, 0.1) is 0 Å². The van der Waals surface area contributed by atoms with Crippen molar-refractivity contribution in [3.8, 4) is 0 Å². The van der Waals surface area contributed by atoms with Crippen LogP contribution in [0.5, 0.6) is 0 Å². The van der Waals surface area contributed by atoms with Crippen molar-refractivity contribution in [1.29, 1.82) is 0 Å². The maximum absolute atomic E-state index is 11.7. The molecule has 0 bridgehead atoms. The van der Waals surface area contributed by atoms with Gasteiger partial charge in [0.2, 0.25) is 5.91 Å². The van der Waals surface area contributed by atoms with E-state index < -0.39 is 0 Å². The Morgan fingerprint density at radius 1 is 1.36 bits per heavy atom. The normalized spacial score (nSPS) is 16.1. The van der Waals surface area contributed by atoms with Crippen molar-refractivity contribution in [3.05, 3.63) is 17.5 Å². The van der Waals surface area contributed by atoms with Gasteiger partial charge in [0.15, 0.2) is 5.96 Å². The highest BCUT2D eigenvalue weighted by Crippen LogP contribution is 2.22. The maximum Gasteiger partial charge on any atom is 0.239 e. The van der Waals surface area contributed by atoms with E-state index in [4.69, 9.17) is 0 Å². The summed E-state index contributed by atoms with van der Waals surface area (Å²) >= 11 is 1.77. The van der Waals surface area contributed by atoms with E-state index in [9.17, 15) is 4.79 Å². The molecule has 0 atom stereocenters. The van der Waals surface area contributed by atoms with Crippen molar-refractivity contribution in [1.82, 2.24) is 15.5 Å². The van der Waals surface area contributed by atoms with E-state index >= 15 is 0 Å². The Labute approximate surface area is 136 Å². The molecular weight excluding hydrogens is 298 g/mol. The summed E-state index contributed by atoms with van der Waals surface area (Å²) in [7, 11) is 1.76. The van der Waals surface area contributed by atoms with E-state index in [-0.39, 0.29) is 18.5 Å². The minimum Gasteiger partial charge on any atom is -0.360 e. The molecule has 1 aliphatic heterocycles. The van der Waals surface area contributed by atoms with Gasteiger partial charge in [0.1, 0.15) is 0 Å². The van der Waals surface area contributed by atoms with Gasteiger partial charge in [-0.25, -0.2) is 0 Å². The van der Waals surface area contributed by atoms with Gasteiger partial charge >= 0.3 is 0 Å². The molecule has 0 unspecified atom stereocenters. The molecule has 0 spiro atoms. The van der Waals surface area contributed by atoms with Crippen LogP contribution in [0.2, 0.25) is 0 Å². The SMILES string of the molecule is CN=C(NCC(=O)NC(C)C)N1CCN(c2cccs2)CC1. The summed E-state index contributed by atoms with van der Waals surface area (Å²) < 4.78 is 0. The van der Waals surface area contributed by atoms with Crippen LogP contribution in [0.1, 0.15) is 13.8 Å². The number of rotatable bonds is 4. The minimum atomic E-state index is -0.00614. The first-order valence-electron chi connectivity index (χ1n) is 7.63. The molecule has 122 valence electrons. The summed E-state index contributed by atoms with van der Waals surface area (Å²) in [5.41, 5.74) is 0. The Morgan fingerprint density at radius 2 is 2.09 bits per heavy atom. The monoisotopic (exact) mass is 323 g/mol. The Hall–Kier alpha value is -1.76. The molecule has 1 saturated heterocycles. The third-order valence-electron chi connectivity index (χ3n) is 3.47. The average Bonchev–Trinajstić information content (AvgIpc) is 3.02. The summed E-state index contributed by atoms with van der Waals surface area (Å²) in [6, 6.07) is 4.40. The van der Waals surface area contributed by atoms with E-state index in [1.165, 1.54) is 5.00 Å². The van der Waals surface area contributed by atoms with E-state index in [0.29, 0.717) is 0 Å². The summed E-state index contributed by atoms with van der Waals surface area (Å²) in [6.07, 6.45) is 0. The zero-order valence-electron chi connectivity index (χ0n) is 13.5. The highest BCUT2D eigenvalue weighted by Gasteiger charge is 2.20. The first kappa shape index (κ1) is 16.6. The zero-order chi connectivity index (χ0) is 15.9. The molecule has 1 amide bonds. The fourth-order valence-corrected chi connectivity index (χ4v) is 3.24. The number of thiophene rings is 1. The predicted octanol–water partition coefficient (Wildman–Crippen LogP) is 0.970. The lowest BCUT2D eigenvalue weighted by molar-refractivity contribution is -0.120. The molecule has 1 aliphatic rings. The van der Waals surface area contributed by atoms with E-state index in [1.807, 2.05) is 13.8 Å². The van der Waals surface area contributed by atoms with Crippen LogP contribution < -0.4 is 15.5 Å². The highest BCUT2D eigenvalue weighted by molar-refractivity contribution is 7.14. The van der Waals surface area contributed by atoms with Crippen LogP contribution in [0.3, 0.4) is 0 Å². The number of piperazine rings is 1. The van der Waals surface area contributed by atoms with Gasteiger partial charge in [0.25, 0.3) is 0 Å². The Bertz CT molecular complexity index is 492. The van der Waals surface area contributed by atoms with Crippen LogP contribution in [0.4, 0.5) is 5.00 Å². The number of hydrogen-bond acceptors (Lipinski definition) is 4. The van der Waals surface area contributed by atoms with Crippen molar-refractivity contribution in [2.24, 2.45) is 4.99 Å². The molecule has 0 aliphatic carbocycles. The number of aliphatic imine (C=N–C) groups is 1. The van der Waals surface area contributed by atoms with Crippen LogP contribution in [-0.4, -0.2) is 62.6 Å². The standard InChI is InChI=1S/C15H25N5OS/c1-12(2)18-13(21)11-17-15(16-3)20-8-6-19(7-9-20)14-5-4-10-22-14/h4-5,10,12H,6-9,11H2,1-3H3,(H,16,17)(H,18,21). The van der Waals surface area contributed by atoms with Crippen LogP contribution >= 0.6 is 11.3 Å². The van der Waals surface area contributed by atoms with Gasteiger partial charge < -0.3 is 20.4 Å². The molecule has 0 radical (unpaired) electrons. The number of nitrogens with one attached hydrogen (secondary N) is 2. The number of amides is 1. The second-order valence-electron chi connectivity index (χ2n) is 5.55. The minimum absolute atomic E-state index is 0.00614. The maximum atomic E-state index is 11.7. The number of carbonyl (C=O) groups excluding carboxylic acids is 1. The number of anilines is 1. The van der Waals surface area contributed by atoms with Gasteiger partial charge in [-0.2, -0.15) is 0 Å². The van der Waals surface area contributed by atoms with Gasteiger partial charge in [0.05, 0.1) is 11.5 Å². The van der Waals surface area contributed by atoms with E-state index in [1.54, 1.807) is 18.4 Å². The smallest absolute Gasteiger partial charge is 0.239 e. The van der Waals surface area contributed by atoms with Gasteiger partial charge in [-0.05, 0) is 31.4 Å². The Kier molecular flexibility index (Phi) is 6.06. The quantitative estimate of drug-likeness (QED) is 0.640. The third-order valence-corrected chi connectivity index (χ3v) is 4.39. The van der Waals surface area contributed by atoms with Gasteiger partial charge in [0, 0.05) is 39.3 Å². The Balaban J connectivity index is 1.79. The number of hydrogen-bond donors (Lipinski definition) is 2. The molecule has 2 heterocycles. The van der Waals surface area contributed by atoms with Crippen LogP contribution in [0.15, 0.2) is 22.5 Å². The molecule has 0 aromatic carbocycles. The van der Waals surface area contributed by atoms with E-state index in [2.05, 4.69) is 42.9 Å². The second-order valence-corrected chi connectivity index (χ2v) is 6.47. The molecule has 22 heavy (non-hydrogen) atoms. The lowest BCUT2D eigenvalue weighted by Gasteiger charge is -2.36. The molecule has 2 N–H and O–H groups in total. The highest BCUT2D eigenvalue weighted by atomic mass is 32.1. The summed E-state index contributed by atoms with van der Waals surface area (Å²) in [5.74, 6) is 0.790. The van der Waals surface area contributed by atoms with E-state index in [0.717, 1.165) is 32.1 Å². The number of nitrogens with zero attached hydrogens (tertiary/aromatic N) is 3. The molecule has 1 aromatic rings. The van der Waals surface area contributed by atoms with Crippen LogP contribution in [0.25, 0.3) is 0 Å². The third kappa shape index (κ3) is 4.62. The zero-order valence-corrected chi connectivity index (χ0v) is 14.3. The van der Waals surface area contributed by atoms with Gasteiger partial charge in [-0.1, -0.05) is 0 Å². The number of guanidine groups is 1. The largest absolute Gasteiger partial charge is 0.360 e. The topological polar surface area (TPSA) is 60.0 Å². The predicted molar refractivity (Wildman–Crippen MR) is 92.7 cm³/mol. The van der Waals surface area contributed by atoms with Crippen molar-refractivity contribution < 1.29 is 4.79 Å². The lowest BCUT2D eigenvalue weighted by Crippen LogP contribution is -2.53. The number of carbonyl (C=O) groups is 1. The van der Waals surface area contributed by atoms with Gasteiger partial charge in [-0.3, -0.25) is 9.79 Å². The van der Waals surface area contributed by atoms with Crippen molar-refractivity contribution in [2.75, 3.05) is 44.7 Å². The van der Waals surface area contributed by atoms with Crippen molar-refractivity contribution in [3.63, 3.8) is 0 Å². The summed E-state index contributed by atoms with van der Waals surface area (Å²) in [6.45, 7) is 7.93. The first-order valence-corrected chi connectivity index (χ1v) is 8.51. The molecule has 0 saturated carbocycles. The van der Waals surface area contributed by atoms with Crippen molar-refractivity contribution >= 4 is 28.2 Å². The van der Waals surface area contributed by atoms with Gasteiger partial charge in [-0.15, -0.1) is 11.3 Å². The lowest BCUT2D eigenvalue weighted by atomic mass is 10.3. The van der Waals surface area contributed by atoms with Crippen molar-refractivity contribution in [2.45, 2.75) is 19.9 Å². The fraction of sp³-hybridized carbons (Fsp3) is 0.600. The Morgan fingerprint density at radius 3 is 2.64 bits per heavy atom. The molecule has 6 nitrogen and oxygen atoms in total. The average molecular weight is 323 g/mol. The molecular formula is C15H25N5OS. The molecule has 1 aromatic heterocycles. The van der Waals surface area contributed by atoms with Crippen LogP contribution in [-0.2, 0) is 4.79 Å². The summed E-state index contributed by atoms with van der Waals surface area (Å²) in [4.78, 5) is 20.6.